The summed E-state index contributed by atoms with van der Waals surface area (Å²) in [6.07, 6.45) is 0. The standard InChI is InChI=1S/C28H27FN4OS/c1-19-20(2)30-28(32-26(19)33(3)17-21-8-5-4-6-9-21)35-18-22-10-7-11-23(16-22)27(34)31-25-14-12-24(29)13-15-25/h4-16H,17-18H2,1-3H3,(H,31,34). The molecule has 0 bridgehead atoms. The van der Waals surface area contributed by atoms with Crippen LogP contribution in [0.15, 0.2) is 84.0 Å². The van der Waals surface area contributed by atoms with Crippen LogP contribution in [-0.2, 0) is 12.3 Å². The first-order valence-electron chi connectivity index (χ1n) is 11.3. The number of hydrogen-bond donors (Lipinski definition) is 1. The first-order chi connectivity index (χ1) is 16.9. The molecule has 0 saturated carbocycles. The number of carbonyl (C=O) groups excluding carboxylic acids is 1. The van der Waals surface area contributed by atoms with Gasteiger partial charge in [0.25, 0.3) is 5.91 Å². The van der Waals surface area contributed by atoms with Crippen LogP contribution in [0.3, 0.4) is 0 Å². The molecule has 0 aliphatic heterocycles. The lowest BCUT2D eigenvalue weighted by molar-refractivity contribution is 0.102. The Morgan fingerprint density at radius 3 is 2.40 bits per heavy atom. The topological polar surface area (TPSA) is 58.1 Å². The quantitative estimate of drug-likeness (QED) is 0.230. The highest BCUT2D eigenvalue weighted by atomic mass is 32.2. The second-order valence-electron chi connectivity index (χ2n) is 8.33. The Kier molecular flexibility index (Phi) is 7.77. The fraction of sp³-hybridized carbons (Fsp3) is 0.179. The second kappa shape index (κ2) is 11.1. The fourth-order valence-electron chi connectivity index (χ4n) is 3.64. The Bertz CT molecular complexity index is 1310. The summed E-state index contributed by atoms with van der Waals surface area (Å²) in [5.74, 6) is 0.958. The molecule has 0 aliphatic carbocycles. The van der Waals surface area contributed by atoms with Crippen molar-refractivity contribution in [2.75, 3.05) is 17.3 Å². The molecule has 3 aromatic carbocycles. The molecule has 178 valence electrons. The van der Waals surface area contributed by atoms with Crippen molar-refractivity contribution in [3.05, 3.63) is 113 Å². The minimum atomic E-state index is -0.343. The summed E-state index contributed by atoms with van der Waals surface area (Å²) >= 11 is 1.54. The third-order valence-corrected chi connectivity index (χ3v) is 6.54. The maximum Gasteiger partial charge on any atom is 0.255 e. The second-order valence-corrected chi connectivity index (χ2v) is 9.27. The van der Waals surface area contributed by atoms with E-state index < -0.39 is 0 Å². The average Bonchev–Trinajstić information content (AvgIpc) is 2.86. The molecule has 0 fully saturated rings. The fourth-order valence-corrected chi connectivity index (χ4v) is 4.47. The van der Waals surface area contributed by atoms with E-state index in [1.807, 2.05) is 57.3 Å². The van der Waals surface area contributed by atoms with Crippen molar-refractivity contribution in [2.24, 2.45) is 0 Å². The van der Waals surface area contributed by atoms with E-state index in [-0.39, 0.29) is 11.7 Å². The van der Waals surface area contributed by atoms with E-state index in [2.05, 4.69) is 27.3 Å². The van der Waals surface area contributed by atoms with Gasteiger partial charge in [0, 0.05) is 41.9 Å². The van der Waals surface area contributed by atoms with Gasteiger partial charge >= 0.3 is 0 Å². The van der Waals surface area contributed by atoms with E-state index in [1.54, 1.807) is 6.07 Å². The maximum absolute atomic E-state index is 13.1. The zero-order chi connectivity index (χ0) is 24.8. The number of aryl methyl sites for hydroxylation is 1. The SMILES string of the molecule is Cc1nc(SCc2cccc(C(=O)Nc3ccc(F)cc3)c2)nc(N(C)Cc2ccccc2)c1C. The lowest BCUT2D eigenvalue weighted by atomic mass is 10.1. The number of hydrogen-bond acceptors (Lipinski definition) is 5. The Hall–Kier alpha value is -3.71. The van der Waals surface area contributed by atoms with Crippen molar-refractivity contribution in [3.63, 3.8) is 0 Å². The Morgan fingerprint density at radius 2 is 1.66 bits per heavy atom. The molecular formula is C28H27FN4OS. The summed E-state index contributed by atoms with van der Waals surface area (Å²) in [5, 5.41) is 3.50. The molecule has 4 aromatic rings. The van der Waals surface area contributed by atoms with Crippen LogP contribution in [0.2, 0.25) is 0 Å². The number of halogens is 1. The highest BCUT2D eigenvalue weighted by molar-refractivity contribution is 7.98. The molecule has 0 atom stereocenters. The molecule has 35 heavy (non-hydrogen) atoms. The molecule has 1 heterocycles. The molecule has 0 radical (unpaired) electrons. The van der Waals surface area contributed by atoms with Crippen LogP contribution in [0, 0.1) is 19.7 Å². The molecule has 5 nitrogen and oxygen atoms in total. The number of anilines is 2. The molecular weight excluding hydrogens is 459 g/mol. The van der Waals surface area contributed by atoms with Gasteiger partial charge in [-0.25, -0.2) is 14.4 Å². The molecule has 0 spiro atoms. The van der Waals surface area contributed by atoms with Gasteiger partial charge in [-0.3, -0.25) is 4.79 Å². The van der Waals surface area contributed by atoms with Gasteiger partial charge in [0.05, 0.1) is 0 Å². The number of rotatable bonds is 8. The average molecular weight is 487 g/mol. The minimum absolute atomic E-state index is 0.240. The van der Waals surface area contributed by atoms with Gasteiger partial charge in [0.2, 0.25) is 0 Å². The van der Waals surface area contributed by atoms with Crippen molar-refractivity contribution < 1.29 is 9.18 Å². The lowest BCUT2D eigenvalue weighted by Crippen LogP contribution is -2.20. The normalized spacial score (nSPS) is 10.7. The van der Waals surface area contributed by atoms with E-state index in [0.717, 1.165) is 29.2 Å². The predicted molar refractivity (Wildman–Crippen MR) is 140 cm³/mol. The zero-order valence-electron chi connectivity index (χ0n) is 20.0. The summed E-state index contributed by atoms with van der Waals surface area (Å²) in [4.78, 5) is 24.3. The molecule has 1 aromatic heterocycles. The van der Waals surface area contributed by atoms with Crippen molar-refractivity contribution in [2.45, 2.75) is 31.3 Å². The number of nitrogens with one attached hydrogen (secondary N) is 1. The van der Waals surface area contributed by atoms with Crippen LogP contribution in [0.5, 0.6) is 0 Å². The molecule has 0 saturated heterocycles. The van der Waals surface area contributed by atoms with Crippen molar-refractivity contribution in [1.29, 1.82) is 0 Å². The van der Waals surface area contributed by atoms with Crippen molar-refractivity contribution >= 4 is 29.2 Å². The van der Waals surface area contributed by atoms with Gasteiger partial charge in [0.1, 0.15) is 11.6 Å². The van der Waals surface area contributed by atoms with Gasteiger partial charge in [-0.05, 0) is 61.4 Å². The maximum atomic E-state index is 13.1. The van der Waals surface area contributed by atoms with E-state index in [9.17, 15) is 9.18 Å². The molecule has 1 N–H and O–H groups in total. The van der Waals surface area contributed by atoms with E-state index >= 15 is 0 Å². The largest absolute Gasteiger partial charge is 0.355 e. The zero-order valence-corrected chi connectivity index (χ0v) is 20.8. The van der Waals surface area contributed by atoms with Crippen LogP contribution < -0.4 is 10.2 Å². The van der Waals surface area contributed by atoms with E-state index in [1.165, 1.54) is 41.6 Å². The van der Waals surface area contributed by atoms with Crippen LogP contribution in [-0.4, -0.2) is 22.9 Å². The molecule has 4 rings (SSSR count). The van der Waals surface area contributed by atoms with E-state index in [0.29, 0.717) is 22.2 Å². The number of benzene rings is 3. The number of nitrogens with zero attached hydrogens (tertiary/aromatic N) is 3. The first-order valence-corrected chi connectivity index (χ1v) is 12.3. The van der Waals surface area contributed by atoms with Crippen LogP contribution in [0.1, 0.15) is 32.7 Å². The third kappa shape index (κ3) is 6.45. The van der Waals surface area contributed by atoms with Gasteiger partial charge in [0.15, 0.2) is 5.16 Å². The molecule has 1 amide bonds. The summed E-state index contributed by atoms with van der Waals surface area (Å²) in [7, 11) is 2.04. The summed E-state index contributed by atoms with van der Waals surface area (Å²) in [5.41, 5.74) is 5.30. The van der Waals surface area contributed by atoms with E-state index in [4.69, 9.17) is 4.98 Å². The Morgan fingerprint density at radius 1 is 0.943 bits per heavy atom. The monoisotopic (exact) mass is 486 g/mol. The van der Waals surface area contributed by atoms with Gasteiger partial charge in [-0.15, -0.1) is 0 Å². The van der Waals surface area contributed by atoms with Crippen LogP contribution >= 0.6 is 11.8 Å². The number of carbonyl (C=O) groups is 1. The van der Waals surface area contributed by atoms with Gasteiger partial charge in [-0.2, -0.15) is 0 Å². The lowest BCUT2D eigenvalue weighted by Gasteiger charge is -2.21. The van der Waals surface area contributed by atoms with Gasteiger partial charge < -0.3 is 10.2 Å². The van der Waals surface area contributed by atoms with Gasteiger partial charge in [-0.1, -0.05) is 54.2 Å². The predicted octanol–water partition coefficient (Wildman–Crippen LogP) is 6.41. The molecule has 0 unspecified atom stereocenters. The minimum Gasteiger partial charge on any atom is -0.355 e. The summed E-state index contributed by atoms with van der Waals surface area (Å²) < 4.78 is 13.1. The summed E-state index contributed by atoms with van der Waals surface area (Å²) in [6.45, 7) is 4.80. The Balaban J connectivity index is 1.44. The molecule has 7 heteroatoms. The Labute approximate surface area is 209 Å². The number of amides is 1. The highest BCUT2D eigenvalue weighted by Gasteiger charge is 2.14. The van der Waals surface area contributed by atoms with Crippen LogP contribution in [0.25, 0.3) is 0 Å². The highest BCUT2D eigenvalue weighted by Crippen LogP contribution is 2.26. The van der Waals surface area contributed by atoms with Crippen molar-refractivity contribution in [3.8, 4) is 0 Å². The summed E-state index contributed by atoms with van der Waals surface area (Å²) in [6, 6.07) is 23.5. The smallest absolute Gasteiger partial charge is 0.255 e. The number of aromatic nitrogens is 2. The third-order valence-electron chi connectivity index (χ3n) is 5.63. The number of thioether (sulfide) groups is 1. The van der Waals surface area contributed by atoms with Crippen molar-refractivity contribution in [1.82, 2.24) is 9.97 Å². The van der Waals surface area contributed by atoms with Crippen LogP contribution in [0.4, 0.5) is 15.9 Å². The molecule has 0 aliphatic rings. The first kappa shape index (κ1) is 24.4.